The summed E-state index contributed by atoms with van der Waals surface area (Å²) in [7, 11) is 1.62. The normalized spacial score (nSPS) is 18.0. The van der Waals surface area contributed by atoms with E-state index in [0.29, 0.717) is 12.4 Å². The maximum absolute atomic E-state index is 13.5. The second-order valence-electron chi connectivity index (χ2n) is 5.12. The van der Waals surface area contributed by atoms with E-state index in [2.05, 4.69) is 19.6 Å². The van der Waals surface area contributed by atoms with Gasteiger partial charge in [0.25, 0.3) is 0 Å². The fourth-order valence-electron chi connectivity index (χ4n) is 2.47. The highest BCUT2D eigenvalue weighted by Crippen LogP contribution is 2.26. The number of ether oxygens (including phenoxy) is 1. The number of nitrogens with one attached hydrogen (secondary N) is 1. The van der Waals surface area contributed by atoms with Crippen LogP contribution in [0, 0.1) is 5.82 Å². The van der Waals surface area contributed by atoms with Crippen LogP contribution in [0.15, 0.2) is 18.2 Å². The number of anilines is 2. The minimum absolute atomic E-state index is 0.150. The molecule has 1 aliphatic heterocycles. The molecule has 1 fully saturated rings. The first-order valence-electron chi connectivity index (χ1n) is 6.94. The number of methoxy groups -OCH3 is 1. The van der Waals surface area contributed by atoms with Crippen LogP contribution in [0.5, 0.6) is 0 Å². The second-order valence-corrected chi connectivity index (χ2v) is 6.28. The Morgan fingerprint density at radius 3 is 3.18 bits per heavy atom. The summed E-state index contributed by atoms with van der Waals surface area (Å²) in [5.74, 6) is 0.300. The van der Waals surface area contributed by atoms with E-state index < -0.39 is 0 Å². The molecule has 0 amide bonds. The molecule has 1 atom stereocenters. The van der Waals surface area contributed by atoms with Gasteiger partial charge >= 0.3 is 0 Å². The van der Waals surface area contributed by atoms with Gasteiger partial charge in [0.15, 0.2) is 5.82 Å². The van der Waals surface area contributed by atoms with E-state index >= 15 is 0 Å². The molecular weight excluding hydrogens is 327 g/mol. The summed E-state index contributed by atoms with van der Waals surface area (Å²) in [6.07, 6.45) is 0.962. The van der Waals surface area contributed by atoms with E-state index in [1.165, 1.54) is 17.6 Å². The summed E-state index contributed by atoms with van der Waals surface area (Å²) in [6.45, 7) is 2.07. The van der Waals surface area contributed by atoms with E-state index in [9.17, 15) is 4.39 Å². The van der Waals surface area contributed by atoms with Crippen molar-refractivity contribution in [2.24, 2.45) is 0 Å². The minimum Gasteiger partial charge on any atom is -0.377 e. The Labute approximate surface area is 137 Å². The Balaban J connectivity index is 1.60. The van der Waals surface area contributed by atoms with E-state index in [4.69, 9.17) is 16.3 Å². The molecule has 118 valence electrons. The van der Waals surface area contributed by atoms with Gasteiger partial charge in [0.05, 0.1) is 5.02 Å². The lowest BCUT2D eigenvalue weighted by molar-refractivity contribution is 0.179. The highest BCUT2D eigenvalue weighted by Gasteiger charge is 2.24. The molecule has 1 aromatic heterocycles. The number of benzene rings is 1. The average Bonchev–Trinajstić information content (AvgIpc) is 3.13. The van der Waals surface area contributed by atoms with E-state index in [1.54, 1.807) is 13.2 Å². The molecule has 0 saturated carbocycles. The maximum Gasteiger partial charge on any atom is 0.202 e. The van der Waals surface area contributed by atoms with Gasteiger partial charge in [-0.3, -0.25) is 0 Å². The third-order valence-corrected chi connectivity index (χ3v) is 4.52. The van der Waals surface area contributed by atoms with Gasteiger partial charge in [-0.1, -0.05) is 11.6 Å². The highest BCUT2D eigenvalue weighted by molar-refractivity contribution is 7.09. The standard InChI is InChI=1S/C14H16ClFN4OS/c1-21-8-13-18-14(22-19-13)17-9-4-5-20(7-9)10-2-3-11(15)12(16)6-10/h2-3,6,9H,4-5,7-8H2,1H3,(H,17,18,19). The van der Waals surface area contributed by atoms with Gasteiger partial charge in [-0.15, -0.1) is 0 Å². The van der Waals surface area contributed by atoms with Crippen molar-refractivity contribution in [1.29, 1.82) is 0 Å². The second kappa shape index (κ2) is 6.76. The van der Waals surface area contributed by atoms with E-state index in [1.807, 2.05) is 6.07 Å². The molecule has 2 heterocycles. The van der Waals surface area contributed by atoms with Gasteiger partial charge in [0.2, 0.25) is 5.13 Å². The van der Waals surface area contributed by atoms with Crippen LogP contribution in [0.4, 0.5) is 15.2 Å². The first-order chi connectivity index (χ1) is 10.7. The van der Waals surface area contributed by atoms with Crippen molar-refractivity contribution in [2.75, 3.05) is 30.4 Å². The lowest BCUT2D eigenvalue weighted by atomic mass is 10.3. The minimum atomic E-state index is -0.385. The Bertz CT molecular complexity index is 654. The molecule has 0 bridgehead atoms. The van der Waals surface area contributed by atoms with Crippen LogP contribution in [0.1, 0.15) is 12.2 Å². The number of nitrogens with zero attached hydrogens (tertiary/aromatic N) is 3. The summed E-state index contributed by atoms with van der Waals surface area (Å²) in [5.41, 5.74) is 0.850. The third kappa shape index (κ3) is 3.48. The van der Waals surface area contributed by atoms with Crippen LogP contribution < -0.4 is 10.2 Å². The SMILES string of the molecule is COCc1nsc(NC2CCN(c3ccc(Cl)c(F)c3)C2)n1. The smallest absolute Gasteiger partial charge is 0.202 e. The molecule has 1 aliphatic rings. The van der Waals surface area contributed by atoms with Gasteiger partial charge < -0.3 is 15.0 Å². The van der Waals surface area contributed by atoms with Crippen LogP contribution in [0.25, 0.3) is 0 Å². The highest BCUT2D eigenvalue weighted by atomic mass is 35.5. The number of hydrogen-bond donors (Lipinski definition) is 1. The summed E-state index contributed by atoms with van der Waals surface area (Å²) in [5, 5.41) is 4.32. The van der Waals surface area contributed by atoms with Crippen molar-refractivity contribution in [1.82, 2.24) is 9.36 Å². The molecule has 0 spiro atoms. The molecule has 1 saturated heterocycles. The topological polar surface area (TPSA) is 50.3 Å². The molecule has 5 nitrogen and oxygen atoms in total. The van der Waals surface area contributed by atoms with Crippen molar-refractivity contribution in [3.05, 3.63) is 34.9 Å². The molecule has 8 heteroatoms. The van der Waals surface area contributed by atoms with E-state index in [-0.39, 0.29) is 16.9 Å². The Hall–Kier alpha value is -1.44. The largest absolute Gasteiger partial charge is 0.377 e. The summed E-state index contributed by atoms with van der Waals surface area (Å²) in [6, 6.07) is 5.18. The molecular formula is C14H16ClFN4OS. The zero-order valence-corrected chi connectivity index (χ0v) is 13.6. The zero-order valence-electron chi connectivity index (χ0n) is 12.1. The first-order valence-corrected chi connectivity index (χ1v) is 8.09. The lowest BCUT2D eigenvalue weighted by Gasteiger charge is -2.19. The molecule has 1 aromatic carbocycles. The summed E-state index contributed by atoms with van der Waals surface area (Å²) >= 11 is 7.05. The van der Waals surface area contributed by atoms with Crippen LogP contribution in [-0.2, 0) is 11.3 Å². The van der Waals surface area contributed by atoms with Gasteiger partial charge in [0.1, 0.15) is 12.4 Å². The van der Waals surface area contributed by atoms with Crippen LogP contribution >= 0.6 is 23.1 Å². The fourth-order valence-corrected chi connectivity index (χ4v) is 3.24. The Morgan fingerprint density at radius 1 is 1.55 bits per heavy atom. The van der Waals surface area contributed by atoms with Gasteiger partial charge in [-0.05, 0) is 24.6 Å². The summed E-state index contributed by atoms with van der Waals surface area (Å²) in [4.78, 5) is 6.50. The van der Waals surface area contributed by atoms with Crippen molar-refractivity contribution in [3.63, 3.8) is 0 Å². The molecule has 22 heavy (non-hydrogen) atoms. The Kier molecular flexibility index (Phi) is 4.75. The average molecular weight is 343 g/mol. The fraction of sp³-hybridized carbons (Fsp3) is 0.429. The molecule has 3 rings (SSSR count). The van der Waals surface area contributed by atoms with Crippen molar-refractivity contribution in [3.8, 4) is 0 Å². The van der Waals surface area contributed by atoms with Crippen LogP contribution in [0.2, 0.25) is 5.02 Å². The maximum atomic E-state index is 13.5. The molecule has 2 aromatic rings. The molecule has 0 radical (unpaired) electrons. The van der Waals surface area contributed by atoms with Crippen LogP contribution in [-0.4, -0.2) is 35.6 Å². The van der Waals surface area contributed by atoms with Crippen LogP contribution in [0.3, 0.4) is 0 Å². The first kappa shape index (κ1) is 15.5. The van der Waals surface area contributed by atoms with Crippen molar-refractivity contribution >= 4 is 34.0 Å². The predicted octanol–water partition coefficient (Wildman–Crippen LogP) is 3.17. The zero-order chi connectivity index (χ0) is 15.5. The van der Waals surface area contributed by atoms with E-state index in [0.717, 1.165) is 30.3 Å². The van der Waals surface area contributed by atoms with Gasteiger partial charge in [0, 0.05) is 43.5 Å². The summed E-state index contributed by atoms with van der Waals surface area (Å²) < 4.78 is 22.8. The number of hydrogen-bond acceptors (Lipinski definition) is 6. The predicted molar refractivity (Wildman–Crippen MR) is 86.3 cm³/mol. The lowest BCUT2D eigenvalue weighted by Crippen LogP contribution is -2.26. The van der Waals surface area contributed by atoms with Gasteiger partial charge in [-0.25, -0.2) is 9.37 Å². The molecule has 0 aliphatic carbocycles. The quantitative estimate of drug-likeness (QED) is 0.904. The van der Waals surface area contributed by atoms with Crippen molar-refractivity contribution < 1.29 is 9.13 Å². The monoisotopic (exact) mass is 342 g/mol. The number of rotatable bonds is 5. The molecule has 1 N–H and O–H groups in total. The number of aromatic nitrogens is 2. The van der Waals surface area contributed by atoms with Crippen molar-refractivity contribution in [2.45, 2.75) is 19.1 Å². The molecule has 1 unspecified atom stereocenters. The van der Waals surface area contributed by atoms with Gasteiger partial charge in [-0.2, -0.15) is 4.37 Å². The third-order valence-electron chi connectivity index (χ3n) is 3.53. The Morgan fingerprint density at radius 2 is 2.41 bits per heavy atom. The number of halogens is 2.